The summed E-state index contributed by atoms with van der Waals surface area (Å²) in [5, 5.41) is 2.53. The zero-order valence-electron chi connectivity index (χ0n) is 11.9. The zero-order chi connectivity index (χ0) is 16.1. The van der Waals surface area contributed by atoms with Gasteiger partial charge in [0, 0.05) is 0 Å². The SMILES string of the molecule is COC(=O)c1ccc(C(=O)OC)c(NC(=O)c2cnc[nH]2)c1. The van der Waals surface area contributed by atoms with Crippen molar-refractivity contribution in [3.05, 3.63) is 47.5 Å². The maximum atomic E-state index is 12.0. The van der Waals surface area contributed by atoms with Gasteiger partial charge in [0.1, 0.15) is 5.69 Å². The van der Waals surface area contributed by atoms with Crippen molar-refractivity contribution < 1.29 is 23.9 Å². The Balaban J connectivity index is 2.38. The average Bonchev–Trinajstić information content (AvgIpc) is 3.07. The molecule has 0 aliphatic carbocycles. The summed E-state index contributed by atoms with van der Waals surface area (Å²) in [6.07, 6.45) is 2.68. The van der Waals surface area contributed by atoms with Crippen molar-refractivity contribution in [3.63, 3.8) is 0 Å². The third-order valence-corrected chi connectivity index (χ3v) is 2.84. The molecule has 0 aliphatic heterocycles. The fourth-order valence-electron chi connectivity index (χ4n) is 1.75. The molecule has 0 bridgehead atoms. The lowest BCUT2D eigenvalue weighted by Gasteiger charge is -2.10. The van der Waals surface area contributed by atoms with Crippen LogP contribution in [0.2, 0.25) is 0 Å². The molecule has 8 heteroatoms. The largest absolute Gasteiger partial charge is 0.465 e. The Bertz CT molecular complexity index is 709. The molecule has 1 aromatic carbocycles. The van der Waals surface area contributed by atoms with Gasteiger partial charge in [-0.2, -0.15) is 0 Å². The highest BCUT2D eigenvalue weighted by atomic mass is 16.5. The van der Waals surface area contributed by atoms with Crippen LogP contribution in [-0.4, -0.2) is 42.0 Å². The summed E-state index contributed by atoms with van der Waals surface area (Å²) < 4.78 is 9.26. The molecule has 114 valence electrons. The van der Waals surface area contributed by atoms with Crippen LogP contribution in [0.3, 0.4) is 0 Å². The van der Waals surface area contributed by atoms with Crippen LogP contribution in [0.25, 0.3) is 0 Å². The molecule has 0 radical (unpaired) electrons. The minimum atomic E-state index is -0.642. The van der Waals surface area contributed by atoms with E-state index >= 15 is 0 Å². The summed E-state index contributed by atoms with van der Waals surface area (Å²) >= 11 is 0. The predicted molar refractivity (Wildman–Crippen MR) is 75.7 cm³/mol. The lowest BCUT2D eigenvalue weighted by molar-refractivity contribution is 0.0587. The second kappa shape index (κ2) is 6.53. The number of carbonyl (C=O) groups is 3. The Labute approximate surface area is 125 Å². The van der Waals surface area contributed by atoms with E-state index in [2.05, 4.69) is 24.8 Å². The van der Waals surface area contributed by atoms with Crippen LogP contribution in [0, 0.1) is 0 Å². The zero-order valence-corrected chi connectivity index (χ0v) is 11.9. The van der Waals surface area contributed by atoms with Crippen LogP contribution in [0.5, 0.6) is 0 Å². The van der Waals surface area contributed by atoms with Crippen LogP contribution in [0.1, 0.15) is 31.2 Å². The molecule has 8 nitrogen and oxygen atoms in total. The molecule has 1 heterocycles. The van der Waals surface area contributed by atoms with E-state index in [-0.39, 0.29) is 22.5 Å². The molecular weight excluding hydrogens is 290 g/mol. The number of hydrogen-bond donors (Lipinski definition) is 2. The molecule has 2 rings (SSSR count). The number of H-pyrrole nitrogens is 1. The number of ether oxygens (including phenoxy) is 2. The van der Waals surface area contributed by atoms with Gasteiger partial charge >= 0.3 is 11.9 Å². The number of nitrogens with one attached hydrogen (secondary N) is 2. The van der Waals surface area contributed by atoms with Gasteiger partial charge in [0.05, 0.1) is 43.6 Å². The number of anilines is 1. The highest BCUT2D eigenvalue weighted by Crippen LogP contribution is 2.20. The van der Waals surface area contributed by atoms with Crippen molar-refractivity contribution in [3.8, 4) is 0 Å². The van der Waals surface area contributed by atoms with Gasteiger partial charge < -0.3 is 19.8 Å². The predicted octanol–water partition coefficient (Wildman–Crippen LogP) is 1.24. The maximum absolute atomic E-state index is 12.0. The van der Waals surface area contributed by atoms with E-state index in [1.165, 1.54) is 44.9 Å². The average molecular weight is 303 g/mol. The van der Waals surface area contributed by atoms with Gasteiger partial charge in [-0.3, -0.25) is 4.79 Å². The lowest BCUT2D eigenvalue weighted by Crippen LogP contribution is -2.16. The van der Waals surface area contributed by atoms with Gasteiger partial charge in [-0.25, -0.2) is 14.6 Å². The highest BCUT2D eigenvalue weighted by molar-refractivity contribution is 6.08. The second-order valence-electron chi connectivity index (χ2n) is 4.16. The fraction of sp³-hybridized carbons (Fsp3) is 0.143. The number of benzene rings is 1. The molecule has 0 saturated carbocycles. The Hall–Kier alpha value is -3.16. The number of esters is 2. The van der Waals surface area contributed by atoms with Crippen LogP contribution < -0.4 is 5.32 Å². The topological polar surface area (TPSA) is 110 Å². The van der Waals surface area contributed by atoms with Crippen LogP contribution in [0.15, 0.2) is 30.7 Å². The first-order chi connectivity index (χ1) is 10.6. The quantitative estimate of drug-likeness (QED) is 0.822. The molecule has 0 saturated heterocycles. The van der Waals surface area contributed by atoms with Crippen LogP contribution >= 0.6 is 0 Å². The van der Waals surface area contributed by atoms with Gasteiger partial charge in [-0.1, -0.05) is 0 Å². The first kappa shape index (κ1) is 15.2. The number of carbonyl (C=O) groups excluding carboxylic acids is 3. The minimum Gasteiger partial charge on any atom is -0.465 e. The Kier molecular flexibility index (Phi) is 4.52. The number of rotatable bonds is 4. The molecule has 2 N–H and O–H groups in total. The third-order valence-electron chi connectivity index (χ3n) is 2.84. The van der Waals surface area contributed by atoms with Gasteiger partial charge in [-0.05, 0) is 18.2 Å². The van der Waals surface area contributed by atoms with Gasteiger partial charge in [-0.15, -0.1) is 0 Å². The summed E-state index contributed by atoms with van der Waals surface area (Å²) in [5.41, 5.74) is 0.645. The van der Waals surface area contributed by atoms with E-state index in [4.69, 9.17) is 0 Å². The number of amides is 1. The monoisotopic (exact) mass is 303 g/mol. The van der Waals surface area contributed by atoms with Gasteiger partial charge in [0.15, 0.2) is 0 Å². The number of aromatic nitrogens is 2. The van der Waals surface area contributed by atoms with E-state index < -0.39 is 17.8 Å². The minimum absolute atomic E-state index is 0.114. The Morgan fingerprint density at radius 3 is 2.45 bits per heavy atom. The number of nitrogens with zero attached hydrogens (tertiary/aromatic N) is 1. The Morgan fingerprint density at radius 1 is 1.14 bits per heavy atom. The highest BCUT2D eigenvalue weighted by Gasteiger charge is 2.18. The summed E-state index contributed by atoms with van der Waals surface area (Å²) in [6.45, 7) is 0. The summed E-state index contributed by atoms with van der Waals surface area (Å²) in [4.78, 5) is 41.7. The molecule has 1 aromatic heterocycles. The van der Waals surface area contributed by atoms with Crippen molar-refractivity contribution >= 4 is 23.5 Å². The molecule has 1 amide bonds. The normalized spacial score (nSPS) is 9.91. The van der Waals surface area contributed by atoms with E-state index in [9.17, 15) is 14.4 Å². The standard InChI is InChI=1S/C14H13N3O5/c1-21-13(19)8-3-4-9(14(20)22-2)10(5-8)17-12(18)11-6-15-7-16-11/h3-7H,1-2H3,(H,15,16)(H,17,18). The molecule has 2 aromatic rings. The first-order valence-electron chi connectivity index (χ1n) is 6.17. The maximum Gasteiger partial charge on any atom is 0.339 e. The summed E-state index contributed by atoms with van der Waals surface area (Å²) in [6, 6.07) is 4.12. The lowest BCUT2D eigenvalue weighted by atomic mass is 10.1. The van der Waals surface area contributed by atoms with Crippen LogP contribution in [0.4, 0.5) is 5.69 Å². The first-order valence-corrected chi connectivity index (χ1v) is 6.17. The van der Waals surface area contributed by atoms with Crippen molar-refractivity contribution in [2.45, 2.75) is 0 Å². The molecule has 0 spiro atoms. The van der Waals surface area contributed by atoms with E-state index in [0.717, 1.165) is 0 Å². The van der Waals surface area contributed by atoms with Crippen molar-refractivity contribution in [1.29, 1.82) is 0 Å². The second-order valence-corrected chi connectivity index (χ2v) is 4.16. The molecule has 0 atom stereocenters. The summed E-state index contributed by atoms with van der Waals surface area (Å²) in [7, 11) is 2.45. The van der Waals surface area contributed by atoms with Crippen molar-refractivity contribution in [1.82, 2.24) is 9.97 Å². The number of methoxy groups -OCH3 is 2. The van der Waals surface area contributed by atoms with Crippen molar-refractivity contribution in [2.24, 2.45) is 0 Å². The summed E-state index contributed by atoms with van der Waals surface area (Å²) in [5.74, 6) is -1.74. The molecule has 0 fully saturated rings. The number of hydrogen-bond acceptors (Lipinski definition) is 6. The molecule has 0 aliphatic rings. The van der Waals surface area contributed by atoms with E-state index in [0.29, 0.717) is 0 Å². The van der Waals surface area contributed by atoms with Crippen LogP contribution in [-0.2, 0) is 9.47 Å². The van der Waals surface area contributed by atoms with Crippen molar-refractivity contribution in [2.75, 3.05) is 19.5 Å². The molecule has 0 unspecified atom stereocenters. The number of imidazole rings is 1. The fourth-order valence-corrected chi connectivity index (χ4v) is 1.75. The smallest absolute Gasteiger partial charge is 0.339 e. The van der Waals surface area contributed by atoms with Gasteiger partial charge in [0.25, 0.3) is 5.91 Å². The van der Waals surface area contributed by atoms with E-state index in [1.54, 1.807) is 0 Å². The number of aromatic amines is 1. The molecular formula is C14H13N3O5. The third kappa shape index (κ3) is 3.11. The van der Waals surface area contributed by atoms with E-state index in [1.807, 2.05) is 0 Å². The molecule has 22 heavy (non-hydrogen) atoms. The van der Waals surface area contributed by atoms with Gasteiger partial charge in [0.2, 0.25) is 0 Å². The Morgan fingerprint density at radius 2 is 1.86 bits per heavy atom.